The van der Waals surface area contributed by atoms with Gasteiger partial charge in [-0.05, 0) is 62.5 Å². The van der Waals surface area contributed by atoms with Gasteiger partial charge in [0.15, 0.2) is 0 Å². The van der Waals surface area contributed by atoms with Crippen LogP contribution in [0.1, 0.15) is 16.7 Å². The van der Waals surface area contributed by atoms with Crippen LogP contribution in [-0.2, 0) is 12.8 Å². The van der Waals surface area contributed by atoms with Crippen molar-refractivity contribution in [1.29, 1.82) is 0 Å². The lowest BCUT2D eigenvalue weighted by Gasteiger charge is -2.18. The lowest BCUT2D eigenvalue weighted by molar-refractivity contribution is 0.492. The second kappa shape index (κ2) is 7.58. The highest BCUT2D eigenvalue weighted by Crippen LogP contribution is 2.22. The maximum atomic E-state index is 13.1. The highest BCUT2D eigenvalue weighted by Gasteiger charge is 2.13. The van der Waals surface area contributed by atoms with Gasteiger partial charge in [0.2, 0.25) is 0 Å². The summed E-state index contributed by atoms with van der Waals surface area (Å²) in [6.07, 6.45) is 1.82. The van der Waals surface area contributed by atoms with Crippen LogP contribution in [0.4, 0.5) is 4.39 Å². The summed E-state index contributed by atoms with van der Waals surface area (Å²) in [6.45, 7) is 3.01. The monoisotopic (exact) mass is 305 g/mol. The van der Waals surface area contributed by atoms with Crippen LogP contribution in [-0.4, -0.2) is 13.6 Å². The molecule has 1 atom stereocenters. The van der Waals surface area contributed by atoms with Gasteiger partial charge in [0, 0.05) is 5.02 Å². The average molecular weight is 306 g/mol. The molecule has 0 aliphatic heterocycles. The molecule has 2 rings (SSSR count). The Morgan fingerprint density at radius 1 is 1.14 bits per heavy atom. The van der Waals surface area contributed by atoms with Crippen molar-refractivity contribution < 1.29 is 4.39 Å². The molecule has 1 unspecified atom stereocenters. The Morgan fingerprint density at radius 3 is 2.62 bits per heavy atom. The van der Waals surface area contributed by atoms with Crippen molar-refractivity contribution in [1.82, 2.24) is 5.32 Å². The van der Waals surface area contributed by atoms with Crippen LogP contribution in [0.3, 0.4) is 0 Å². The molecule has 21 heavy (non-hydrogen) atoms. The fourth-order valence-corrected chi connectivity index (χ4v) is 2.92. The summed E-state index contributed by atoms with van der Waals surface area (Å²) in [5.41, 5.74) is 3.61. The highest BCUT2D eigenvalue weighted by molar-refractivity contribution is 6.31. The molecule has 0 heterocycles. The van der Waals surface area contributed by atoms with Gasteiger partial charge in [-0.25, -0.2) is 4.39 Å². The van der Waals surface area contributed by atoms with E-state index >= 15 is 0 Å². The molecule has 2 aromatic rings. The lowest BCUT2D eigenvalue weighted by Crippen LogP contribution is -2.23. The first kappa shape index (κ1) is 16.0. The Morgan fingerprint density at radius 2 is 1.95 bits per heavy atom. The minimum Gasteiger partial charge on any atom is -0.319 e. The van der Waals surface area contributed by atoms with E-state index in [0.717, 1.165) is 24.9 Å². The summed E-state index contributed by atoms with van der Waals surface area (Å²) in [4.78, 5) is 0. The summed E-state index contributed by atoms with van der Waals surface area (Å²) in [5, 5.41) is 3.75. The molecule has 0 bridgehead atoms. The zero-order valence-electron chi connectivity index (χ0n) is 12.5. The van der Waals surface area contributed by atoms with E-state index in [0.29, 0.717) is 10.9 Å². The highest BCUT2D eigenvalue weighted by atomic mass is 35.5. The number of benzene rings is 2. The van der Waals surface area contributed by atoms with E-state index in [1.54, 1.807) is 6.07 Å². The summed E-state index contributed by atoms with van der Waals surface area (Å²) in [6, 6.07) is 13.2. The third kappa shape index (κ3) is 4.83. The van der Waals surface area contributed by atoms with Crippen LogP contribution < -0.4 is 5.32 Å². The third-order valence-corrected chi connectivity index (χ3v) is 3.98. The van der Waals surface area contributed by atoms with Gasteiger partial charge in [0.05, 0.1) is 0 Å². The van der Waals surface area contributed by atoms with E-state index in [2.05, 4.69) is 36.5 Å². The normalized spacial score (nSPS) is 12.4. The Bertz CT molecular complexity index is 598. The lowest BCUT2D eigenvalue weighted by atomic mass is 9.92. The molecule has 0 aromatic heterocycles. The molecule has 0 radical (unpaired) electrons. The van der Waals surface area contributed by atoms with Crippen LogP contribution in [0.25, 0.3) is 0 Å². The van der Waals surface area contributed by atoms with Crippen LogP contribution in [0.15, 0.2) is 42.5 Å². The smallest absolute Gasteiger partial charge is 0.124 e. The molecule has 0 saturated heterocycles. The topological polar surface area (TPSA) is 12.0 Å². The van der Waals surface area contributed by atoms with Gasteiger partial charge in [0.25, 0.3) is 0 Å². The Balaban J connectivity index is 2.11. The van der Waals surface area contributed by atoms with Crippen molar-refractivity contribution in [2.75, 3.05) is 13.6 Å². The average Bonchev–Trinajstić information content (AvgIpc) is 2.42. The Hall–Kier alpha value is -1.38. The molecular formula is C18H21ClFN. The first-order valence-electron chi connectivity index (χ1n) is 7.22. The van der Waals surface area contributed by atoms with Gasteiger partial charge < -0.3 is 5.32 Å². The molecule has 0 spiro atoms. The fraction of sp³-hybridized carbons (Fsp3) is 0.333. The molecular weight excluding hydrogens is 285 g/mol. The fourth-order valence-electron chi connectivity index (χ4n) is 2.68. The number of rotatable bonds is 6. The standard InChI is InChI=1S/C18H21ClFN/c1-13-4-3-5-14(8-13)9-15(12-21-2)10-16-6-7-17(20)11-18(16)19/h3-8,11,15,21H,9-10,12H2,1-2H3. The second-order valence-electron chi connectivity index (χ2n) is 5.56. The predicted octanol–water partition coefficient (Wildman–Crippen LogP) is 4.41. The minimum atomic E-state index is -0.285. The number of hydrogen-bond acceptors (Lipinski definition) is 1. The zero-order chi connectivity index (χ0) is 15.2. The molecule has 0 amide bonds. The first-order chi connectivity index (χ1) is 10.1. The van der Waals surface area contributed by atoms with Crippen LogP contribution >= 0.6 is 11.6 Å². The van der Waals surface area contributed by atoms with Gasteiger partial charge in [-0.15, -0.1) is 0 Å². The largest absolute Gasteiger partial charge is 0.319 e. The van der Waals surface area contributed by atoms with Gasteiger partial charge in [-0.1, -0.05) is 47.5 Å². The molecule has 1 nitrogen and oxygen atoms in total. The van der Waals surface area contributed by atoms with E-state index < -0.39 is 0 Å². The zero-order valence-corrected chi connectivity index (χ0v) is 13.3. The van der Waals surface area contributed by atoms with Crippen LogP contribution in [0.2, 0.25) is 5.02 Å². The molecule has 0 fully saturated rings. The van der Waals surface area contributed by atoms with Crippen molar-refractivity contribution >= 4 is 11.6 Å². The van der Waals surface area contributed by atoms with E-state index in [4.69, 9.17) is 11.6 Å². The first-order valence-corrected chi connectivity index (χ1v) is 7.60. The third-order valence-electron chi connectivity index (χ3n) is 3.62. The molecule has 0 saturated carbocycles. The van der Waals surface area contributed by atoms with Crippen molar-refractivity contribution in [3.8, 4) is 0 Å². The quantitative estimate of drug-likeness (QED) is 0.833. The van der Waals surface area contributed by atoms with E-state index in [-0.39, 0.29) is 5.82 Å². The summed E-state index contributed by atoms with van der Waals surface area (Å²) >= 11 is 6.14. The van der Waals surface area contributed by atoms with Gasteiger partial charge in [-0.2, -0.15) is 0 Å². The SMILES string of the molecule is CNCC(Cc1cccc(C)c1)Cc1ccc(F)cc1Cl. The summed E-state index contributed by atoms with van der Waals surface area (Å²) < 4.78 is 13.1. The molecule has 112 valence electrons. The Labute approximate surface area is 131 Å². The van der Waals surface area contributed by atoms with Gasteiger partial charge in [-0.3, -0.25) is 0 Å². The van der Waals surface area contributed by atoms with Crippen molar-refractivity contribution in [2.45, 2.75) is 19.8 Å². The van der Waals surface area contributed by atoms with Gasteiger partial charge >= 0.3 is 0 Å². The summed E-state index contributed by atoms with van der Waals surface area (Å²) in [7, 11) is 1.95. The predicted molar refractivity (Wildman–Crippen MR) is 87.4 cm³/mol. The van der Waals surface area contributed by atoms with E-state index in [1.807, 2.05) is 7.05 Å². The van der Waals surface area contributed by atoms with Crippen LogP contribution in [0, 0.1) is 18.7 Å². The summed E-state index contributed by atoms with van der Waals surface area (Å²) in [5.74, 6) is 0.146. The number of halogens is 2. The van der Waals surface area contributed by atoms with Gasteiger partial charge in [0.1, 0.15) is 5.82 Å². The Kier molecular flexibility index (Phi) is 5.77. The molecule has 0 aliphatic rings. The molecule has 0 aliphatic carbocycles. The maximum absolute atomic E-state index is 13.1. The minimum absolute atomic E-state index is 0.285. The molecule has 2 aromatic carbocycles. The van der Waals surface area contributed by atoms with Crippen molar-refractivity contribution in [3.05, 3.63) is 70.0 Å². The number of hydrogen-bond donors (Lipinski definition) is 1. The van der Waals surface area contributed by atoms with E-state index in [9.17, 15) is 4.39 Å². The van der Waals surface area contributed by atoms with Crippen molar-refractivity contribution in [3.63, 3.8) is 0 Å². The number of aryl methyl sites for hydroxylation is 1. The maximum Gasteiger partial charge on any atom is 0.124 e. The second-order valence-corrected chi connectivity index (χ2v) is 5.96. The van der Waals surface area contributed by atoms with Crippen LogP contribution in [0.5, 0.6) is 0 Å². The molecule has 3 heteroatoms. The number of nitrogens with one attached hydrogen (secondary N) is 1. The molecule has 1 N–H and O–H groups in total. The van der Waals surface area contributed by atoms with E-state index in [1.165, 1.54) is 23.3 Å². The van der Waals surface area contributed by atoms with Crippen molar-refractivity contribution in [2.24, 2.45) is 5.92 Å².